The molecule has 0 bridgehead atoms. The van der Waals surface area contributed by atoms with Gasteiger partial charge in [0.15, 0.2) is 0 Å². The van der Waals surface area contributed by atoms with Crippen molar-refractivity contribution in [2.45, 2.75) is 57.5 Å². The molecular formula is C28H32N2O3S. The molecule has 1 atom stereocenters. The van der Waals surface area contributed by atoms with Gasteiger partial charge in [-0.25, -0.2) is 0 Å². The Morgan fingerprint density at radius 2 is 1.85 bits per heavy atom. The van der Waals surface area contributed by atoms with E-state index in [0.717, 1.165) is 47.4 Å². The summed E-state index contributed by atoms with van der Waals surface area (Å²) in [5.74, 6) is 0.398. The van der Waals surface area contributed by atoms with Gasteiger partial charge in [0.2, 0.25) is 11.8 Å². The largest absolute Gasteiger partial charge is 0.497 e. The first kappa shape index (κ1) is 24.0. The lowest BCUT2D eigenvalue weighted by molar-refractivity contribution is -0.127. The molecule has 4 rings (SSSR count). The first-order chi connectivity index (χ1) is 16.6. The van der Waals surface area contributed by atoms with Crippen molar-refractivity contribution in [1.29, 1.82) is 0 Å². The van der Waals surface area contributed by atoms with Crippen molar-refractivity contribution in [1.82, 2.24) is 5.32 Å². The van der Waals surface area contributed by atoms with Gasteiger partial charge >= 0.3 is 0 Å². The Morgan fingerprint density at radius 3 is 2.56 bits per heavy atom. The topological polar surface area (TPSA) is 58.6 Å². The quantitative estimate of drug-likeness (QED) is 0.445. The highest BCUT2D eigenvalue weighted by Crippen LogP contribution is 2.33. The molecule has 34 heavy (non-hydrogen) atoms. The van der Waals surface area contributed by atoms with Crippen LogP contribution in [0.5, 0.6) is 5.75 Å². The summed E-state index contributed by atoms with van der Waals surface area (Å²) in [6.45, 7) is 1.97. The van der Waals surface area contributed by atoms with Crippen molar-refractivity contribution in [3.05, 3.63) is 82.0 Å². The summed E-state index contributed by atoms with van der Waals surface area (Å²) in [4.78, 5) is 30.4. The van der Waals surface area contributed by atoms with E-state index in [1.165, 1.54) is 6.42 Å². The Labute approximate surface area is 205 Å². The van der Waals surface area contributed by atoms with E-state index in [1.54, 1.807) is 23.3 Å². The Morgan fingerprint density at radius 1 is 1.06 bits per heavy atom. The van der Waals surface area contributed by atoms with Crippen LogP contribution >= 0.6 is 11.3 Å². The summed E-state index contributed by atoms with van der Waals surface area (Å²) >= 11 is 1.55. The van der Waals surface area contributed by atoms with Gasteiger partial charge in [0.05, 0.1) is 13.5 Å². The first-order valence-electron chi connectivity index (χ1n) is 11.9. The highest BCUT2D eigenvalue weighted by Gasteiger charge is 2.35. The Kier molecular flexibility index (Phi) is 8.01. The van der Waals surface area contributed by atoms with Crippen molar-refractivity contribution in [3.8, 4) is 5.75 Å². The third kappa shape index (κ3) is 5.68. The molecule has 3 aromatic rings. The van der Waals surface area contributed by atoms with Gasteiger partial charge in [0.25, 0.3) is 0 Å². The van der Waals surface area contributed by atoms with Crippen LogP contribution in [-0.4, -0.2) is 25.0 Å². The SMILES string of the molecule is COc1cccc(C(C(=O)NC2CCCCC2)N(C(=O)Cc2cccs2)c2ccccc2C)c1. The Balaban J connectivity index is 1.78. The smallest absolute Gasteiger partial charge is 0.248 e. The molecule has 0 aliphatic heterocycles. The van der Waals surface area contributed by atoms with Crippen LogP contribution in [0.3, 0.4) is 0 Å². The van der Waals surface area contributed by atoms with Gasteiger partial charge < -0.3 is 10.1 Å². The molecular weight excluding hydrogens is 444 g/mol. The van der Waals surface area contributed by atoms with E-state index < -0.39 is 6.04 Å². The number of anilines is 1. The summed E-state index contributed by atoms with van der Waals surface area (Å²) in [5.41, 5.74) is 2.42. The summed E-state index contributed by atoms with van der Waals surface area (Å²) in [6, 6.07) is 18.5. The number of nitrogens with one attached hydrogen (secondary N) is 1. The van der Waals surface area contributed by atoms with E-state index >= 15 is 0 Å². The number of aryl methyl sites for hydroxylation is 1. The number of nitrogens with zero attached hydrogens (tertiary/aromatic N) is 1. The number of carbonyl (C=O) groups is 2. The average Bonchev–Trinajstić information content (AvgIpc) is 3.36. The van der Waals surface area contributed by atoms with E-state index in [1.807, 2.05) is 73.0 Å². The minimum Gasteiger partial charge on any atom is -0.497 e. The van der Waals surface area contributed by atoms with Crippen LogP contribution in [0.4, 0.5) is 5.69 Å². The lowest BCUT2D eigenvalue weighted by atomic mass is 9.94. The van der Waals surface area contributed by atoms with Crippen LogP contribution in [0.25, 0.3) is 0 Å². The molecule has 1 aliphatic carbocycles. The molecule has 2 aromatic carbocycles. The van der Waals surface area contributed by atoms with Gasteiger partial charge in [-0.1, -0.05) is 55.7 Å². The van der Waals surface area contributed by atoms with Crippen LogP contribution in [0.15, 0.2) is 66.0 Å². The number of carbonyl (C=O) groups excluding carboxylic acids is 2. The summed E-state index contributed by atoms with van der Waals surface area (Å²) in [5, 5.41) is 5.24. The second-order valence-electron chi connectivity index (χ2n) is 8.83. The number of para-hydroxylation sites is 1. The van der Waals surface area contributed by atoms with Crippen LogP contribution in [0.2, 0.25) is 0 Å². The van der Waals surface area contributed by atoms with Crippen LogP contribution in [0, 0.1) is 6.92 Å². The number of rotatable bonds is 8. The number of thiophene rings is 1. The monoisotopic (exact) mass is 476 g/mol. The van der Waals surface area contributed by atoms with E-state index in [2.05, 4.69) is 5.32 Å². The van der Waals surface area contributed by atoms with Gasteiger partial charge in [0, 0.05) is 16.6 Å². The summed E-state index contributed by atoms with van der Waals surface area (Å²) in [7, 11) is 1.61. The lowest BCUT2D eigenvalue weighted by Gasteiger charge is -2.34. The van der Waals surface area contributed by atoms with Crippen molar-refractivity contribution >= 4 is 28.8 Å². The fraction of sp³-hybridized carbons (Fsp3) is 0.357. The molecule has 2 amide bonds. The number of hydrogen-bond acceptors (Lipinski definition) is 4. The van der Waals surface area contributed by atoms with Crippen LogP contribution < -0.4 is 15.0 Å². The standard InChI is InChI=1S/C28H32N2O3S/c1-20-10-6-7-16-25(20)30(26(31)19-24-15-9-17-34-24)27(21-11-8-14-23(18-21)33-2)28(32)29-22-12-4-3-5-13-22/h6-11,14-18,22,27H,3-5,12-13,19H2,1-2H3,(H,29,32). The number of benzene rings is 2. The maximum absolute atomic E-state index is 13.9. The zero-order valence-electron chi connectivity index (χ0n) is 19.8. The molecule has 1 aromatic heterocycles. The minimum absolute atomic E-state index is 0.108. The second kappa shape index (κ2) is 11.3. The van der Waals surface area contributed by atoms with E-state index in [-0.39, 0.29) is 24.3 Å². The van der Waals surface area contributed by atoms with E-state index in [4.69, 9.17) is 4.74 Å². The molecule has 1 fully saturated rings. The number of hydrogen-bond donors (Lipinski definition) is 1. The fourth-order valence-corrected chi connectivity index (χ4v) is 5.35. The molecule has 1 aliphatic rings. The highest BCUT2D eigenvalue weighted by atomic mass is 32.1. The molecule has 0 spiro atoms. The number of amides is 2. The summed E-state index contributed by atoms with van der Waals surface area (Å²) < 4.78 is 5.46. The normalized spacial score (nSPS) is 14.9. The van der Waals surface area contributed by atoms with Crippen molar-refractivity contribution in [3.63, 3.8) is 0 Å². The fourth-order valence-electron chi connectivity index (χ4n) is 4.65. The molecule has 1 saturated carbocycles. The average molecular weight is 477 g/mol. The maximum atomic E-state index is 13.9. The van der Waals surface area contributed by atoms with E-state index in [0.29, 0.717) is 5.75 Å². The molecule has 0 saturated heterocycles. The van der Waals surface area contributed by atoms with Gasteiger partial charge in [-0.2, -0.15) is 0 Å². The van der Waals surface area contributed by atoms with Gasteiger partial charge in [-0.05, 0) is 60.5 Å². The van der Waals surface area contributed by atoms with Gasteiger partial charge in [0.1, 0.15) is 11.8 Å². The third-order valence-electron chi connectivity index (χ3n) is 6.42. The number of ether oxygens (including phenoxy) is 1. The molecule has 1 heterocycles. The first-order valence-corrected chi connectivity index (χ1v) is 12.8. The Hall–Kier alpha value is -3.12. The van der Waals surface area contributed by atoms with Gasteiger partial charge in [-0.3, -0.25) is 14.5 Å². The molecule has 1 N–H and O–H groups in total. The summed E-state index contributed by atoms with van der Waals surface area (Å²) in [6.07, 6.45) is 5.64. The molecule has 178 valence electrons. The molecule has 0 radical (unpaired) electrons. The van der Waals surface area contributed by atoms with Gasteiger partial charge in [-0.15, -0.1) is 11.3 Å². The third-order valence-corrected chi connectivity index (χ3v) is 7.29. The van der Waals surface area contributed by atoms with Crippen LogP contribution in [0.1, 0.15) is 54.1 Å². The maximum Gasteiger partial charge on any atom is 0.248 e. The van der Waals surface area contributed by atoms with Crippen molar-refractivity contribution in [2.75, 3.05) is 12.0 Å². The minimum atomic E-state index is -0.800. The zero-order chi connectivity index (χ0) is 23.9. The molecule has 6 heteroatoms. The highest BCUT2D eigenvalue weighted by molar-refractivity contribution is 7.10. The van der Waals surface area contributed by atoms with E-state index in [9.17, 15) is 9.59 Å². The van der Waals surface area contributed by atoms with Crippen molar-refractivity contribution in [2.24, 2.45) is 0 Å². The number of methoxy groups -OCH3 is 1. The zero-order valence-corrected chi connectivity index (χ0v) is 20.6. The predicted octanol–water partition coefficient (Wildman–Crippen LogP) is 5.83. The second-order valence-corrected chi connectivity index (χ2v) is 9.86. The predicted molar refractivity (Wildman–Crippen MR) is 137 cm³/mol. The Bertz CT molecular complexity index is 1110. The lowest BCUT2D eigenvalue weighted by Crippen LogP contribution is -2.48. The molecule has 5 nitrogen and oxygen atoms in total. The molecule has 1 unspecified atom stereocenters. The van der Waals surface area contributed by atoms with Crippen molar-refractivity contribution < 1.29 is 14.3 Å². The van der Waals surface area contributed by atoms with Crippen LogP contribution in [-0.2, 0) is 16.0 Å².